The van der Waals surface area contributed by atoms with Crippen LogP contribution in [0.15, 0.2) is 54.6 Å². The van der Waals surface area contributed by atoms with Crippen molar-refractivity contribution in [3.8, 4) is 0 Å². The predicted molar refractivity (Wildman–Crippen MR) is 91.8 cm³/mol. The van der Waals surface area contributed by atoms with Crippen molar-refractivity contribution in [2.24, 2.45) is 5.92 Å². The highest BCUT2D eigenvalue weighted by Crippen LogP contribution is 2.17. The predicted octanol–water partition coefficient (Wildman–Crippen LogP) is 3.48. The van der Waals surface area contributed by atoms with Crippen LogP contribution >= 0.6 is 0 Å². The minimum absolute atomic E-state index is 0.00846. The van der Waals surface area contributed by atoms with E-state index in [1.807, 2.05) is 30.3 Å². The molecule has 0 amide bonds. The van der Waals surface area contributed by atoms with E-state index in [9.17, 15) is 19.7 Å². The summed E-state index contributed by atoms with van der Waals surface area (Å²) in [5, 5.41) is 10.6. The molecule has 0 radical (unpaired) electrons. The highest BCUT2D eigenvalue weighted by atomic mass is 16.6. The molecule has 0 aliphatic rings. The summed E-state index contributed by atoms with van der Waals surface area (Å²) in [6.07, 6.45) is 0.767. The van der Waals surface area contributed by atoms with Gasteiger partial charge in [0.1, 0.15) is 18.3 Å². The van der Waals surface area contributed by atoms with Crippen LogP contribution in [0.25, 0.3) is 0 Å². The van der Waals surface area contributed by atoms with Gasteiger partial charge in [-0.2, -0.15) is 0 Å². The number of non-ortho nitro benzene ring substituents is 1. The molecule has 1 atom stereocenters. The number of hydrogen-bond acceptors (Lipinski definition) is 5. The van der Waals surface area contributed by atoms with Gasteiger partial charge in [-0.1, -0.05) is 42.5 Å². The number of rotatable bonds is 8. The van der Waals surface area contributed by atoms with Crippen LogP contribution in [-0.2, 0) is 27.4 Å². The lowest BCUT2D eigenvalue weighted by Gasteiger charge is -2.13. The number of carbonyl (C=O) groups excluding carboxylic acids is 2. The van der Waals surface area contributed by atoms with E-state index in [0.717, 1.165) is 11.1 Å². The molecule has 0 heterocycles. The molecule has 1 unspecified atom stereocenters. The number of Topliss-reactive ketones (excluding diaryl/α,β-unsaturated/α-hetero) is 1. The number of nitrogens with zero attached hydrogens (tertiary/aromatic N) is 1. The quantitative estimate of drug-likeness (QED) is 0.317. The molecule has 6 nitrogen and oxygen atoms in total. The fourth-order valence-electron chi connectivity index (χ4n) is 2.41. The maximum absolute atomic E-state index is 12.2. The summed E-state index contributed by atoms with van der Waals surface area (Å²) in [6.45, 7) is 1.49. The Kier molecular flexibility index (Phi) is 6.39. The highest BCUT2D eigenvalue weighted by molar-refractivity contribution is 5.97. The average molecular weight is 341 g/mol. The topological polar surface area (TPSA) is 86.5 Å². The van der Waals surface area contributed by atoms with Gasteiger partial charge in [-0.25, -0.2) is 0 Å². The Bertz CT molecular complexity index is 740. The van der Waals surface area contributed by atoms with E-state index in [1.54, 1.807) is 12.1 Å². The Labute approximate surface area is 145 Å². The summed E-state index contributed by atoms with van der Waals surface area (Å²) in [4.78, 5) is 34.1. The molecule has 2 aromatic carbocycles. The van der Waals surface area contributed by atoms with Gasteiger partial charge in [0.05, 0.1) is 4.92 Å². The Morgan fingerprint density at radius 2 is 1.68 bits per heavy atom. The van der Waals surface area contributed by atoms with Gasteiger partial charge in [0.25, 0.3) is 5.69 Å². The smallest absolute Gasteiger partial charge is 0.316 e. The van der Waals surface area contributed by atoms with Gasteiger partial charge in [-0.3, -0.25) is 19.7 Å². The van der Waals surface area contributed by atoms with E-state index in [-0.39, 0.29) is 18.1 Å². The third-order valence-corrected chi connectivity index (χ3v) is 3.87. The molecular weight excluding hydrogens is 322 g/mol. The Balaban J connectivity index is 1.92. The van der Waals surface area contributed by atoms with E-state index in [4.69, 9.17) is 4.74 Å². The molecule has 2 aromatic rings. The van der Waals surface area contributed by atoms with Crippen molar-refractivity contribution >= 4 is 17.4 Å². The summed E-state index contributed by atoms with van der Waals surface area (Å²) in [5.41, 5.74) is 1.69. The number of ketones is 1. The van der Waals surface area contributed by atoms with Crippen molar-refractivity contribution in [3.05, 3.63) is 75.8 Å². The first kappa shape index (κ1) is 18.3. The Morgan fingerprint density at radius 3 is 2.24 bits per heavy atom. The number of aryl methyl sites for hydroxylation is 1. The molecule has 0 saturated heterocycles. The molecule has 0 N–H and O–H groups in total. The van der Waals surface area contributed by atoms with E-state index >= 15 is 0 Å². The second kappa shape index (κ2) is 8.73. The van der Waals surface area contributed by atoms with Gasteiger partial charge in [0, 0.05) is 12.1 Å². The minimum atomic E-state index is -0.834. The first-order valence-corrected chi connectivity index (χ1v) is 7.91. The second-order valence-corrected chi connectivity index (χ2v) is 5.72. The fourth-order valence-corrected chi connectivity index (χ4v) is 2.41. The third-order valence-electron chi connectivity index (χ3n) is 3.87. The number of nitro benzene ring substituents is 1. The van der Waals surface area contributed by atoms with Crippen molar-refractivity contribution in [2.75, 3.05) is 0 Å². The molecule has 0 spiro atoms. The van der Waals surface area contributed by atoms with Crippen LogP contribution in [0.4, 0.5) is 5.69 Å². The number of benzene rings is 2. The van der Waals surface area contributed by atoms with Crippen LogP contribution < -0.4 is 0 Å². The molecule has 0 bridgehead atoms. The molecule has 0 aromatic heterocycles. The Hall–Kier alpha value is -3.02. The maximum Gasteiger partial charge on any atom is 0.316 e. The van der Waals surface area contributed by atoms with Crippen molar-refractivity contribution in [3.63, 3.8) is 0 Å². The first-order valence-electron chi connectivity index (χ1n) is 7.91. The molecule has 0 aliphatic carbocycles. The first-order chi connectivity index (χ1) is 12.0. The van der Waals surface area contributed by atoms with Crippen LogP contribution in [0.3, 0.4) is 0 Å². The van der Waals surface area contributed by atoms with Gasteiger partial charge in [0.2, 0.25) is 0 Å². The van der Waals surface area contributed by atoms with Crippen molar-refractivity contribution in [2.45, 2.75) is 26.4 Å². The zero-order chi connectivity index (χ0) is 18.2. The molecule has 0 saturated carbocycles. The van der Waals surface area contributed by atoms with Crippen LogP contribution in [0.1, 0.15) is 24.5 Å². The number of carbonyl (C=O) groups is 2. The van der Waals surface area contributed by atoms with Crippen molar-refractivity contribution < 1.29 is 19.2 Å². The molecular formula is C19H19NO5. The summed E-state index contributed by atoms with van der Waals surface area (Å²) in [5.74, 6) is -1.63. The van der Waals surface area contributed by atoms with E-state index in [1.165, 1.54) is 19.1 Å². The third kappa shape index (κ3) is 5.53. The lowest BCUT2D eigenvalue weighted by Crippen LogP contribution is -2.25. The normalized spacial score (nSPS) is 11.6. The van der Waals surface area contributed by atoms with Gasteiger partial charge in [-0.05, 0) is 30.9 Å². The molecule has 0 aliphatic heterocycles. The summed E-state index contributed by atoms with van der Waals surface area (Å²) < 4.78 is 5.24. The maximum atomic E-state index is 12.2. The highest BCUT2D eigenvalue weighted by Gasteiger charge is 2.24. The van der Waals surface area contributed by atoms with Crippen molar-refractivity contribution in [1.29, 1.82) is 0 Å². The van der Waals surface area contributed by atoms with Gasteiger partial charge < -0.3 is 4.74 Å². The number of ether oxygens (including phenoxy) is 1. The SMILES string of the molecule is CC(=O)C(CCc1ccc([N+](=O)[O-])cc1)C(=O)OCc1ccccc1. The average Bonchev–Trinajstić information content (AvgIpc) is 2.61. The molecule has 130 valence electrons. The number of nitro groups is 1. The zero-order valence-corrected chi connectivity index (χ0v) is 13.9. The van der Waals surface area contributed by atoms with Crippen LogP contribution in [0.5, 0.6) is 0 Å². The van der Waals surface area contributed by atoms with Gasteiger partial charge >= 0.3 is 5.97 Å². The molecule has 25 heavy (non-hydrogen) atoms. The number of esters is 1. The molecule has 2 rings (SSSR count). The Morgan fingerprint density at radius 1 is 1.04 bits per heavy atom. The van der Waals surface area contributed by atoms with Gasteiger partial charge in [0.15, 0.2) is 0 Å². The summed E-state index contributed by atoms with van der Waals surface area (Å²) >= 11 is 0. The minimum Gasteiger partial charge on any atom is -0.460 e. The lowest BCUT2D eigenvalue weighted by atomic mass is 9.96. The van der Waals surface area contributed by atoms with Crippen LogP contribution in [0.2, 0.25) is 0 Å². The fraction of sp³-hybridized carbons (Fsp3) is 0.263. The van der Waals surface area contributed by atoms with Crippen molar-refractivity contribution in [1.82, 2.24) is 0 Å². The second-order valence-electron chi connectivity index (χ2n) is 5.72. The molecule has 6 heteroatoms. The monoisotopic (exact) mass is 341 g/mol. The summed E-state index contributed by atoms with van der Waals surface area (Å²) in [7, 11) is 0. The van der Waals surface area contributed by atoms with Gasteiger partial charge in [-0.15, -0.1) is 0 Å². The van der Waals surface area contributed by atoms with E-state index in [0.29, 0.717) is 12.8 Å². The summed E-state index contributed by atoms with van der Waals surface area (Å²) in [6, 6.07) is 15.3. The van der Waals surface area contributed by atoms with E-state index < -0.39 is 16.8 Å². The number of hydrogen-bond donors (Lipinski definition) is 0. The largest absolute Gasteiger partial charge is 0.460 e. The molecule has 0 fully saturated rings. The zero-order valence-electron chi connectivity index (χ0n) is 13.9. The van der Waals surface area contributed by atoms with Crippen LogP contribution in [-0.4, -0.2) is 16.7 Å². The van der Waals surface area contributed by atoms with Crippen LogP contribution in [0, 0.1) is 16.0 Å². The standard InChI is InChI=1S/C19H19NO5/c1-14(21)18(19(22)25-13-16-5-3-2-4-6-16)12-9-15-7-10-17(11-8-15)20(23)24/h2-8,10-11,18H,9,12-13H2,1H3. The lowest BCUT2D eigenvalue weighted by molar-refractivity contribution is -0.384. The van der Waals surface area contributed by atoms with E-state index in [2.05, 4.69) is 0 Å².